The monoisotopic (exact) mass is 383 g/mol. The molecule has 2 aromatic carbocycles. The van der Waals surface area contributed by atoms with Crippen LogP contribution < -0.4 is 10.6 Å². The first kappa shape index (κ1) is 17.1. The number of carbonyl (C=O) groups is 2. The van der Waals surface area contributed by atoms with Gasteiger partial charge in [0.15, 0.2) is 11.3 Å². The Morgan fingerprint density at radius 3 is 2.55 bits per heavy atom. The van der Waals surface area contributed by atoms with E-state index in [0.29, 0.717) is 12.2 Å². The van der Waals surface area contributed by atoms with Gasteiger partial charge in [0.2, 0.25) is 0 Å². The Labute approximate surface area is 166 Å². The first-order valence-electron chi connectivity index (χ1n) is 9.26. The standard InChI is InChI=1S/C22H17N5O2/c23-20(28)19-21-25-16(22(29)26-11-10-15-8-4-5-9-17(15)26)12-18(27(21)13-24-19)14-6-2-1-3-7-14/h1-9,12-13H,10-11H2,(H2,23,28). The molecule has 0 bridgehead atoms. The van der Waals surface area contributed by atoms with Gasteiger partial charge in [0.1, 0.15) is 12.0 Å². The third-order valence-corrected chi connectivity index (χ3v) is 5.16. The van der Waals surface area contributed by atoms with Gasteiger partial charge in [-0.25, -0.2) is 9.97 Å². The van der Waals surface area contributed by atoms with E-state index in [1.807, 2.05) is 54.6 Å². The van der Waals surface area contributed by atoms with Crippen LogP contribution in [-0.2, 0) is 6.42 Å². The largest absolute Gasteiger partial charge is 0.364 e. The predicted molar refractivity (Wildman–Crippen MR) is 109 cm³/mol. The maximum atomic E-state index is 13.4. The number of fused-ring (bicyclic) bond motifs is 2. The fraction of sp³-hybridized carbons (Fsp3) is 0.0909. The quantitative estimate of drug-likeness (QED) is 0.589. The molecule has 142 valence electrons. The van der Waals surface area contributed by atoms with E-state index in [4.69, 9.17) is 5.73 Å². The summed E-state index contributed by atoms with van der Waals surface area (Å²) in [5, 5.41) is 0. The summed E-state index contributed by atoms with van der Waals surface area (Å²) in [7, 11) is 0. The van der Waals surface area contributed by atoms with Crippen LogP contribution in [0.3, 0.4) is 0 Å². The van der Waals surface area contributed by atoms with E-state index in [-0.39, 0.29) is 22.9 Å². The summed E-state index contributed by atoms with van der Waals surface area (Å²) in [6.45, 7) is 0.591. The number of hydrogen-bond acceptors (Lipinski definition) is 4. The molecule has 0 saturated heterocycles. The minimum absolute atomic E-state index is 0.0404. The van der Waals surface area contributed by atoms with E-state index in [1.54, 1.807) is 15.4 Å². The SMILES string of the molecule is NC(=O)c1ncn2c(-c3ccccc3)cc(C(=O)N3CCc4ccccc43)nc12. The number of carbonyl (C=O) groups excluding carboxylic acids is 2. The lowest BCUT2D eigenvalue weighted by Crippen LogP contribution is -2.30. The molecule has 2 aromatic heterocycles. The van der Waals surface area contributed by atoms with Gasteiger partial charge in [-0.05, 0) is 29.7 Å². The highest BCUT2D eigenvalue weighted by Crippen LogP contribution is 2.30. The molecule has 1 aliphatic heterocycles. The molecular weight excluding hydrogens is 366 g/mol. The molecule has 7 heteroatoms. The number of amides is 2. The van der Waals surface area contributed by atoms with E-state index in [0.717, 1.165) is 23.2 Å². The Balaban J connectivity index is 1.69. The van der Waals surface area contributed by atoms with Crippen molar-refractivity contribution in [3.63, 3.8) is 0 Å². The number of hydrogen-bond donors (Lipinski definition) is 1. The maximum Gasteiger partial charge on any atom is 0.277 e. The lowest BCUT2D eigenvalue weighted by molar-refractivity contribution is 0.0979. The number of nitrogens with two attached hydrogens (primary N) is 1. The molecule has 29 heavy (non-hydrogen) atoms. The van der Waals surface area contributed by atoms with Gasteiger partial charge in [-0.2, -0.15) is 0 Å². The first-order chi connectivity index (χ1) is 14.1. The summed E-state index contributed by atoms with van der Waals surface area (Å²) in [5.41, 5.74) is 9.65. The van der Waals surface area contributed by atoms with Crippen LogP contribution >= 0.6 is 0 Å². The smallest absolute Gasteiger partial charge is 0.277 e. The third kappa shape index (κ3) is 2.75. The maximum absolute atomic E-state index is 13.4. The Morgan fingerprint density at radius 2 is 1.76 bits per heavy atom. The highest BCUT2D eigenvalue weighted by molar-refractivity contribution is 6.07. The molecule has 5 rings (SSSR count). The fourth-order valence-electron chi connectivity index (χ4n) is 3.77. The van der Waals surface area contributed by atoms with Crippen LogP contribution in [-0.4, -0.2) is 32.7 Å². The summed E-state index contributed by atoms with van der Waals surface area (Å²) in [5.74, 6) is -0.901. The van der Waals surface area contributed by atoms with Gasteiger partial charge >= 0.3 is 0 Å². The predicted octanol–water partition coefficient (Wildman–Crippen LogP) is 2.70. The van der Waals surface area contributed by atoms with Crippen LogP contribution in [0.5, 0.6) is 0 Å². The molecule has 0 unspecified atom stereocenters. The molecule has 4 aromatic rings. The lowest BCUT2D eigenvalue weighted by Gasteiger charge is -2.18. The van der Waals surface area contributed by atoms with Crippen LogP contribution in [0.1, 0.15) is 26.5 Å². The number of aromatic nitrogens is 3. The zero-order valence-electron chi connectivity index (χ0n) is 15.4. The number of nitrogens with zero attached hydrogens (tertiary/aromatic N) is 4. The number of benzene rings is 2. The highest BCUT2D eigenvalue weighted by atomic mass is 16.2. The van der Waals surface area contributed by atoms with Gasteiger partial charge in [-0.15, -0.1) is 0 Å². The van der Waals surface area contributed by atoms with Gasteiger partial charge in [0, 0.05) is 12.2 Å². The molecule has 0 saturated carbocycles. The van der Waals surface area contributed by atoms with Crippen molar-refractivity contribution in [2.45, 2.75) is 6.42 Å². The van der Waals surface area contributed by atoms with Crippen molar-refractivity contribution >= 4 is 23.1 Å². The second-order valence-corrected chi connectivity index (χ2v) is 6.88. The molecule has 3 heterocycles. The number of rotatable bonds is 3. The summed E-state index contributed by atoms with van der Waals surface area (Å²) in [4.78, 5) is 35.5. The summed E-state index contributed by atoms with van der Waals surface area (Å²) < 4.78 is 1.68. The van der Waals surface area contributed by atoms with Crippen LogP contribution in [0.4, 0.5) is 5.69 Å². The number of imidazole rings is 1. The molecule has 2 N–H and O–H groups in total. The topological polar surface area (TPSA) is 93.6 Å². The van der Waals surface area contributed by atoms with Crippen LogP contribution in [0.2, 0.25) is 0 Å². The van der Waals surface area contributed by atoms with Gasteiger partial charge in [-0.3, -0.25) is 14.0 Å². The Morgan fingerprint density at radius 1 is 1.00 bits per heavy atom. The number of para-hydroxylation sites is 1. The molecule has 0 radical (unpaired) electrons. The van der Waals surface area contributed by atoms with Crippen molar-refractivity contribution in [2.24, 2.45) is 5.73 Å². The van der Waals surface area contributed by atoms with Gasteiger partial charge < -0.3 is 10.6 Å². The van der Waals surface area contributed by atoms with Crippen LogP contribution in [0.15, 0.2) is 67.0 Å². The molecule has 0 spiro atoms. The zero-order valence-corrected chi connectivity index (χ0v) is 15.4. The van der Waals surface area contributed by atoms with Crippen molar-refractivity contribution in [3.05, 3.63) is 83.9 Å². The Kier molecular flexibility index (Phi) is 3.87. The highest BCUT2D eigenvalue weighted by Gasteiger charge is 2.27. The summed E-state index contributed by atoms with van der Waals surface area (Å²) in [6.07, 6.45) is 2.30. The minimum atomic E-state index is -0.685. The van der Waals surface area contributed by atoms with E-state index in [1.165, 1.54) is 6.33 Å². The minimum Gasteiger partial charge on any atom is -0.364 e. The van der Waals surface area contributed by atoms with Crippen molar-refractivity contribution in [2.75, 3.05) is 11.4 Å². The summed E-state index contributed by atoms with van der Waals surface area (Å²) >= 11 is 0. The van der Waals surface area contributed by atoms with Crippen molar-refractivity contribution in [1.29, 1.82) is 0 Å². The van der Waals surface area contributed by atoms with E-state index in [2.05, 4.69) is 9.97 Å². The number of primary amides is 1. The van der Waals surface area contributed by atoms with Crippen LogP contribution in [0.25, 0.3) is 16.9 Å². The van der Waals surface area contributed by atoms with Gasteiger partial charge in [-0.1, -0.05) is 48.5 Å². The Hall–Kier alpha value is -4.00. The lowest BCUT2D eigenvalue weighted by atomic mass is 10.1. The molecule has 2 amide bonds. The van der Waals surface area contributed by atoms with Crippen molar-refractivity contribution < 1.29 is 9.59 Å². The van der Waals surface area contributed by atoms with Crippen LogP contribution in [0, 0.1) is 0 Å². The molecule has 7 nitrogen and oxygen atoms in total. The van der Waals surface area contributed by atoms with Crippen molar-refractivity contribution in [1.82, 2.24) is 14.4 Å². The van der Waals surface area contributed by atoms with Gasteiger partial charge in [0.25, 0.3) is 11.8 Å². The Bertz CT molecular complexity index is 1260. The zero-order chi connectivity index (χ0) is 20.0. The van der Waals surface area contributed by atoms with E-state index < -0.39 is 5.91 Å². The average molecular weight is 383 g/mol. The number of anilines is 1. The third-order valence-electron chi connectivity index (χ3n) is 5.16. The second-order valence-electron chi connectivity index (χ2n) is 6.88. The molecule has 0 fully saturated rings. The second kappa shape index (κ2) is 6.56. The fourth-order valence-corrected chi connectivity index (χ4v) is 3.77. The van der Waals surface area contributed by atoms with E-state index in [9.17, 15) is 9.59 Å². The molecular formula is C22H17N5O2. The molecule has 0 aliphatic carbocycles. The van der Waals surface area contributed by atoms with E-state index >= 15 is 0 Å². The first-order valence-corrected chi connectivity index (χ1v) is 9.26. The molecule has 0 atom stereocenters. The molecule has 1 aliphatic rings. The van der Waals surface area contributed by atoms with Crippen molar-refractivity contribution in [3.8, 4) is 11.3 Å². The summed E-state index contributed by atoms with van der Waals surface area (Å²) in [6, 6.07) is 19.2. The average Bonchev–Trinajstić information content (AvgIpc) is 3.37. The van der Waals surface area contributed by atoms with Gasteiger partial charge in [0.05, 0.1) is 5.69 Å². The normalized spacial score (nSPS) is 12.9.